The highest BCUT2D eigenvalue weighted by atomic mass is 35.5. The van der Waals surface area contributed by atoms with Crippen LogP contribution in [0.25, 0.3) is 11.0 Å². The molecule has 0 saturated carbocycles. The summed E-state index contributed by atoms with van der Waals surface area (Å²) >= 11 is 5.80. The van der Waals surface area contributed by atoms with Gasteiger partial charge in [0.15, 0.2) is 0 Å². The highest BCUT2D eigenvalue weighted by molar-refractivity contribution is 6.31. The van der Waals surface area contributed by atoms with Gasteiger partial charge in [-0.05, 0) is 18.2 Å². The Morgan fingerprint density at radius 2 is 2.40 bits per heavy atom. The maximum Gasteiger partial charge on any atom is 0.405 e. The van der Waals surface area contributed by atoms with Gasteiger partial charge in [0.25, 0.3) is 0 Å². The molecule has 2 aromatic rings. The van der Waals surface area contributed by atoms with Crippen LogP contribution in [0, 0.1) is 0 Å². The molecule has 1 aromatic heterocycles. The van der Waals surface area contributed by atoms with E-state index in [0.717, 1.165) is 11.0 Å². The average molecular weight is 226 g/mol. The number of carbonyl (C=O) groups is 1. The number of H-pyrrole nitrogens is 1. The molecule has 0 spiro atoms. The quantitative estimate of drug-likeness (QED) is 0.731. The summed E-state index contributed by atoms with van der Waals surface area (Å²) in [5.41, 5.74) is 1.56. The molecule has 0 aliphatic rings. The largest absolute Gasteiger partial charge is 0.465 e. The van der Waals surface area contributed by atoms with Crippen molar-refractivity contribution in [1.82, 2.24) is 15.3 Å². The van der Waals surface area contributed by atoms with Crippen molar-refractivity contribution in [3.63, 3.8) is 0 Å². The van der Waals surface area contributed by atoms with Crippen molar-refractivity contribution in [1.29, 1.82) is 0 Å². The van der Waals surface area contributed by atoms with Gasteiger partial charge in [-0.2, -0.15) is 0 Å². The first-order valence-corrected chi connectivity index (χ1v) is 4.64. The van der Waals surface area contributed by atoms with Crippen LogP contribution in [0.4, 0.5) is 4.79 Å². The molecule has 78 valence electrons. The molecule has 1 amide bonds. The Morgan fingerprint density at radius 1 is 1.60 bits per heavy atom. The molecular formula is C9H8ClN3O2. The Hall–Kier alpha value is -1.75. The number of hydrogen-bond donors (Lipinski definition) is 3. The van der Waals surface area contributed by atoms with E-state index >= 15 is 0 Å². The van der Waals surface area contributed by atoms with Gasteiger partial charge in [0, 0.05) is 5.02 Å². The first kappa shape index (κ1) is 9.79. The van der Waals surface area contributed by atoms with E-state index in [1.807, 2.05) is 0 Å². The number of fused-ring (bicyclic) bond motifs is 1. The molecule has 0 fully saturated rings. The Morgan fingerprint density at radius 3 is 3.13 bits per heavy atom. The molecule has 0 bridgehead atoms. The minimum atomic E-state index is -1.08. The molecule has 15 heavy (non-hydrogen) atoms. The lowest BCUT2D eigenvalue weighted by molar-refractivity contribution is 0.193. The molecule has 0 aliphatic carbocycles. The summed E-state index contributed by atoms with van der Waals surface area (Å²) in [4.78, 5) is 17.4. The van der Waals surface area contributed by atoms with Crippen LogP contribution >= 0.6 is 11.6 Å². The Bertz CT molecular complexity index is 509. The molecule has 1 aromatic carbocycles. The summed E-state index contributed by atoms with van der Waals surface area (Å²) < 4.78 is 0. The van der Waals surface area contributed by atoms with Crippen LogP contribution < -0.4 is 5.32 Å². The van der Waals surface area contributed by atoms with Crippen LogP contribution in [-0.4, -0.2) is 21.2 Å². The van der Waals surface area contributed by atoms with Crippen LogP contribution in [0.3, 0.4) is 0 Å². The second-order valence-electron chi connectivity index (χ2n) is 3.00. The zero-order valence-corrected chi connectivity index (χ0v) is 8.38. The summed E-state index contributed by atoms with van der Waals surface area (Å²) in [6, 6.07) is 5.26. The smallest absolute Gasteiger partial charge is 0.405 e. The van der Waals surface area contributed by atoms with Crippen molar-refractivity contribution < 1.29 is 9.90 Å². The zero-order valence-electron chi connectivity index (χ0n) is 7.62. The molecule has 0 saturated heterocycles. The summed E-state index contributed by atoms with van der Waals surface area (Å²) in [7, 11) is 0. The van der Waals surface area contributed by atoms with Gasteiger partial charge >= 0.3 is 6.09 Å². The minimum absolute atomic E-state index is 0.154. The molecule has 0 radical (unpaired) electrons. The monoisotopic (exact) mass is 225 g/mol. The highest BCUT2D eigenvalue weighted by Gasteiger charge is 2.03. The normalized spacial score (nSPS) is 10.5. The lowest BCUT2D eigenvalue weighted by atomic mass is 10.3. The number of nitrogens with zero attached hydrogens (tertiary/aromatic N) is 1. The number of amides is 1. The first-order chi connectivity index (χ1) is 7.15. The maximum atomic E-state index is 10.3. The third-order valence-corrected chi connectivity index (χ3v) is 2.14. The van der Waals surface area contributed by atoms with Crippen molar-refractivity contribution in [3.8, 4) is 0 Å². The summed E-state index contributed by atoms with van der Waals surface area (Å²) in [5.74, 6) is 0.565. The Kier molecular flexibility index (Phi) is 2.47. The first-order valence-electron chi connectivity index (χ1n) is 4.26. The topological polar surface area (TPSA) is 78.0 Å². The van der Waals surface area contributed by atoms with Gasteiger partial charge in [-0.15, -0.1) is 0 Å². The molecule has 0 aliphatic heterocycles. The van der Waals surface area contributed by atoms with Crippen LogP contribution in [-0.2, 0) is 6.54 Å². The zero-order chi connectivity index (χ0) is 10.8. The lowest BCUT2D eigenvalue weighted by Gasteiger charge is -1.94. The van der Waals surface area contributed by atoms with E-state index in [1.165, 1.54) is 0 Å². The van der Waals surface area contributed by atoms with E-state index < -0.39 is 6.09 Å². The fourth-order valence-corrected chi connectivity index (χ4v) is 1.45. The number of aromatic amines is 1. The molecule has 6 heteroatoms. The van der Waals surface area contributed by atoms with Crippen molar-refractivity contribution in [2.75, 3.05) is 0 Å². The van der Waals surface area contributed by atoms with Crippen molar-refractivity contribution in [3.05, 3.63) is 29.0 Å². The highest BCUT2D eigenvalue weighted by Crippen LogP contribution is 2.16. The number of benzene rings is 1. The van der Waals surface area contributed by atoms with E-state index in [4.69, 9.17) is 16.7 Å². The molecule has 5 nitrogen and oxygen atoms in total. The van der Waals surface area contributed by atoms with Gasteiger partial charge in [-0.3, -0.25) is 0 Å². The number of carboxylic acid groups (broad SMARTS) is 1. The number of rotatable bonds is 2. The number of halogens is 1. The average Bonchev–Trinajstić information content (AvgIpc) is 2.56. The SMILES string of the molecule is O=C(O)NCc1nc2ccc(Cl)cc2[nH]1. The number of imidazole rings is 1. The van der Waals surface area contributed by atoms with Crippen LogP contribution in [0.2, 0.25) is 5.02 Å². The molecular weight excluding hydrogens is 218 g/mol. The second-order valence-corrected chi connectivity index (χ2v) is 3.44. The number of aromatic nitrogens is 2. The number of hydrogen-bond acceptors (Lipinski definition) is 2. The maximum absolute atomic E-state index is 10.3. The Balaban J connectivity index is 2.27. The van der Waals surface area contributed by atoms with Gasteiger partial charge < -0.3 is 15.4 Å². The molecule has 1 heterocycles. The van der Waals surface area contributed by atoms with E-state index in [1.54, 1.807) is 18.2 Å². The van der Waals surface area contributed by atoms with E-state index in [9.17, 15) is 4.79 Å². The third kappa shape index (κ3) is 2.19. The van der Waals surface area contributed by atoms with Gasteiger partial charge in [0.1, 0.15) is 5.82 Å². The van der Waals surface area contributed by atoms with Gasteiger partial charge in [-0.25, -0.2) is 9.78 Å². The second kappa shape index (κ2) is 3.78. The van der Waals surface area contributed by atoms with Gasteiger partial charge in [-0.1, -0.05) is 11.6 Å². The number of nitrogens with one attached hydrogen (secondary N) is 2. The summed E-state index contributed by atoms with van der Waals surface area (Å²) in [6.07, 6.45) is -1.08. The minimum Gasteiger partial charge on any atom is -0.465 e. The molecule has 0 atom stereocenters. The van der Waals surface area contributed by atoms with Crippen molar-refractivity contribution in [2.45, 2.75) is 6.54 Å². The van der Waals surface area contributed by atoms with Crippen molar-refractivity contribution >= 4 is 28.7 Å². The van der Waals surface area contributed by atoms with E-state index in [0.29, 0.717) is 10.8 Å². The molecule has 2 rings (SSSR count). The van der Waals surface area contributed by atoms with Gasteiger partial charge in [0.05, 0.1) is 17.6 Å². The summed E-state index contributed by atoms with van der Waals surface area (Å²) in [5, 5.41) is 11.3. The molecule has 3 N–H and O–H groups in total. The standard InChI is InChI=1S/C9H8ClN3O2/c10-5-1-2-6-7(3-5)13-8(12-6)4-11-9(14)15/h1-3,11H,4H2,(H,12,13)(H,14,15). The predicted molar refractivity (Wildman–Crippen MR) is 56.0 cm³/mol. The van der Waals surface area contributed by atoms with Crippen LogP contribution in [0.15, 0.2) is 18.2 Å². The molecule has 0 unspecified atom stereocenters. The van der Waals surface area contributed by atoms with Crippen molar-refractivity contribution in [2.24, 2.45) is 0 Å². The van der Waals surface area contributed by atoms with E-state index in [-0.39, 0.29) is 6.54 Å². The lowest BCUT2D eigenvalue weighted by Crippen LogP contribution is -2.20. The third-order valence-electron chi connectivity index (χ3n) is 1.90. The Labute approximate surface area is 90.1 Å². The van der Waals surface area contributed by atoms with E-state index in [2.05, 4.69) is 15.3 Å². The summed E-state index contributed by atoms with van der Waals surface area (Å²) in [6.45, 7) is 0.154. The van der Waals surface area contributed by atoms with Crippen LogP contribution in [0.1, 0.15) is 5.82 Å². The van der Waals surface area contributed by atoms with Crippen LogP contribution in [0.5, 0.6) is 0 Å². The predicted octanol–water partition coefficient (Wildman–Crippen LogP) is 1.98. The fraction of sp³-hybridized carbons (Fsp3) is 0.111. The fourth-order valence-electron chi connectivity index (χ4n) is 1.28. The van der Waals surface area contributed by atoms with Gasteiger partial charge in [0.2, 0.25) is 0 Å².